The minimum Gasteiger partial charge on any atom is -0.351 e. The van der Waals surface area contributed by atoms with Crippen LogP contribution < -0.4 is 10.6 Å². The summed E-state index contributed by atoms with van der Waals surface area (Å²) in [5.74, 6) is 0.198. The molecule has 2 N–H and O–H groups in total. The summed E-state index contributed by atoms with van der Waals surface area (Å²) in [5.41, 5.74) is 0. The third-order valence-corrected chi connectivity index (χ3v) is 4.49. The van der Waals surface area contributed by atoms with Gasteiger partial charge in [0.1, 0.15) is 0 Å². The van der Waals surface area contributed by atoms with Crippen LogP contribution in [0.5, 0.6) is 0 Å². The topological polar surface area (TPSA) is 44.4 Å². The van der Waals surface area contributed by atoms with E-state index in [1.165, 1.54) is 12.8 Å². The van der Waals surface area contributed by atoms with Gasteiger partial charge in [0.25, 0.3) is 0 Å². The lowest BCUT2D eigenvalue weighted by Gasteiger charge is -2.33. The second-order valence-electron chi connectivity index (χ2n) is 5.95. The van der Waals surface area contributed by atoms with Crippen LogP contribution in [0.1, 0.15) is 46.5 Å². The van der Waals surface area contributed by atoms with E-state index >= 15 is 0 Å². The molecular formula is C14H27N3O. The Bertz CT molecular complexity index is 279. The van der Waals surface area contributed by atoms with Gasteiger partial charge in [-0.3, -0.25) is 9.69 Å². The molecule has 2 saturated heterocycles. The van der Waals surface area contributed by atoms with Crippen molar-refractivity contribution < 1.29 is 4.79 Å². The van der Waals surface area contributed by atoms with Crippen LogP contribution >= 0.6 is 0 Å². The average Bonchev–Trinajstić information content (AvgIpc) is 2.69. The van der Waals surface area contributed by atoms with E-state index < -0.39 is 0 Å². The fraction of sp³-hybridized carbons (Fsp3) is 0.929. The van der Waals surface area contributed by atoms with Crippen molar-refractivity contribution in [1.29, 1.82) is 0 Å². The number of nitrogens with one attached hydrogen (secondary N) is 2. The molecule has 2 aliphatic heterocycles. The zero-order valence-electron chi connectivity index (χ0n) is 11.9. The maximum absolute atomic E-state index is 12.3. The Morgan fingerprint density at radius 2 is 1.94 bits per heavy atom. The van der Waals surface area contributed by atoms with Crippen molar-refractivity contribution in [3.05, 3.63) is 0 Å². The van der Waals surface area contributed by atoms with Crippen molar-refractivity contribution >= 4 is 5.91 Å². The molecule has 2 aliphatic rings. The van der Waals surface area contributed by atoms with Crippen LogP contribution in [0.4, 0.5) is 0 Å². The van der Waals surface area contributed by atoms with Gasteiger partial charge in [-0.05, 0) is 53.0 Å². The average molecular weight is 253 g/mol. The first-order valence-electron chi connectivity index (χ1n) is 7.38. The van der Waals surface area contributed by atoms with Crippen molar-refractivity contribution in [2.24, 2.45) is 0 Å². The van der Waals surface area contributed by atoms with E-state index in [0.29, 0.717) is 18.1 Å². The van der Waals surface area contributed by atoms with Crippen LogP contribution in [0.15, 0.2) is 0 Å². The van der Waals surface area contributed by atoms with Gasteiger partial charge in [0, 0.05) is 24.7 Å². The Labute approximate surface area is 110 Å². The number of carbonyl (C=O) groups is 1. The van der Waals surface area contributed by atoms with Gasteiger partial charge in [0.2, 0.25) is 5.91 Å². The lowest BCUT2D eigenvalue weighted by atomic mass is 10.1. The highest BCUT2D eigenvalue weighted by molar-refractivity contribution is 5.81. The Kier molecular flexibility index (Phi) is 4.62. The predicted molar refractivity (Wildman–Crippen MR) is 73.5 cm³/mol. The molecule has 2 fully saturated rings. The van der Waals surface area contributed by atoms with Gasteiger partial charge in [0.15, 0.2) is 0 Å². The number of likely N-dealkylation sites (tertiary alicyclic amines) is 1. The molecule has 0 bridgehead atoms. The van der Waals surface area contributed by atoms with E-state index in [-0.39, 0.29) is 11.9 Å². The zero-order valence-corrected chi connectivity index (χ0v) is 11.9. The SMILES string of the molecule is CC1CCC(C)N1C(C)C(=O)N[C@H]1CCCNC1. The van der Waals surface area contributed by atoms with Crippen LogP contribution in [-0.4, -0.2) is 48.1 Å². The van der Waals surface area contributed by atoms with Crippen LogP contribution in [-0.2, 0) is 4.79 Å². The number of nitrogens with zero attached hydrogens (tertiary/aromatic N) is 1. The Hall–Kier alpha value is -0.610. The first-order valence-corrected chi connectivity index (χ1v) is 7.38. The van der Waals surface area contributed by atoms with E-state index in [4.69, 9.17) is 0 Å². The molecular weight excluding hydrogens is 226 g/mol. The molecule has 0 spiro atoms. The highest BCUT2D eigenvalue weighted by Crippen LogP contribution is 2.25. The molecule has 0 aromatic heterocycles. The molecule has 104 valence electrons. The highest BCUT2D eigenvalue weighted by Gasteiger charge is 2.34. The molecule has 0 aromatic carbocycles. The maximum Gasteiger partial charge on any atom is 0.237 e. The number of piperidine rings is 1. The normalized spacial score (nSPS) is 35.4. The molecule has 18 heavy (non-hydrogen) atoms. The number of rotatable bonds is 3. The number of hydrogen-bond acceptors (Lipinski definition) is 3. The molecule has 2 rings (SSSR count). The predicted octanol–water partition coefficient (Wildman–Crippen LogP) is 1.12. The lowest BCUT2D eigenvalue weighted by Crippen LogP contribution is -2.54. The van der Waals surface area contributed by atoms with Crippen molar-refractivity contribution in [3.63, 3.8) is 0 Å². The summed E-state index contributed by atoms with van der Waals surface area (Å²) in [6.07, 6.45) is 4.69. The summed E-state index contributed by atoms with van der Waals surface area (Å²) in [6.45, 7) is 8.51. The summed E-state index contributed by atoms with van der Waals surface area (Å²) in [6, 6.07) is 1.39. The quantitative estimate of drug-likeness (QED) is 0.792. The largest absolute Gasteiger partial charge is 0.351 e. The van der Waals surface area contributed by atoms with Crippen LogP contribution in [0.25, 0.3) is 0 Å². The maximum atomic E-state index is 12.3. The minimum absolute atomic E-state index is 0.000531. The number of amides is 1. The first-order chi connectivity index (χ1) is 8.59. The summed E-state index contributed by atoms with van der Waals surface area (Å²) in [7, 11) is 0. The molecule has 4 heteroatoms. The second kappa shape index (κ2) is 6.02. The molecule has 0 radical (unpaired) electrons. The van der Waals surface area contributed by atoms with Crippen molar-refractivity contribution in [1.82, 2.24) is 15.5 Å². The van der Waals surface area contributed by atoms with Gasteiger partial charge in [-0.1, -0.05) is 0 Å². The van der Waals surface area contributed by atoms with Gasteiger partial charge >= 0.3 is 0 Å². The van der Waals surface area contributed by atoms with Crippen LogP contribution in [0.3, 0.4) is 0 Å². The zero-order chi connectivity index (χ0) is 13.1. The van der Waals surface area contributed by atoms with E-state index in [9.17, 15) is 4.79 Å². The van der Waals surface area contributed by atoms with Crippen molar-refractivity contribution in [2.45, 2.75) is 70.6 Å². The summed E-state index contributed by atoms with van der Waals surface area (Å²) in [4.78, 5) is 14.7. The fourth-order valence-corrected chi connectivity index (χ4v) is 3.41. The van der Waals surface area contributed by atoms with Crippen LogP contribution in [0, 0.1) is 0 Å². The smallest absolute Gasteiger partial charge is 0.237 e. The van der Waals surface area contributed by atoms with Crippen molar-refractivity contribution in [3.8, 4) is 0 Å². The summed E-state index contributed by atoms with van der Waals surface area (Å²) < 4.78 is 0. The lowest BCUT2D eigenvalue weighted by molar-refractivity contribution is -0.127. The third-order valence-electron chi connectivity index (χ3n) is 4.49. The summed E-state index contributed by atoms with van der Waals surface area (Å²) >= 11 is 0. The molecule has 2 heterocycles. The van der Waals surface area contributed by atoms with Gasteiger partial charge in [-0.15, -0.1) is 0 Å². The molecule has 3 unspecified atom stereocenters. The molecule has 0 aliphatic carbocycles. The first kappa shape index (κ1) is 13.8. The molecule has 4 nitrogen and oxygen atoms in total. The Morgan fingerprint density at radius 3 is 2.50 bits per heavy atom. The van der Waals surface area contributed by atoms with Gasteiger partial charge in [-0.2, -0.15) is 0 Å². The van der Waals surface area contributed by atoms with Gasteiger partial charge in [-0.25, -0.2) is 0 Å². The number of carbonyl (C=O) groups excluding carboxylic acids is 1. The number of hydrogen-bond donors (Lipinski definition) is 2. The minimum atomic E-state index is -0.000531. The van der Waals surface area contributed by atoms with E-state index in [1.54, 1.807) is 0 Å². The van der Waals surface area contributed by atoms with Crippen LogP contribution in [0.2, 0.25) is 0 Å². The monoisotopic (exact) mass is 253 g/mol. The van der Waals surface area contributed by atoms with E-state index in [1.807, 2.05) is 6.92 Å². The fourth-order valence-electron chi connectivity index (χ4n) is 3.41. The van der Waals surface area contributed by atoms with Gasteiger partial charge < -0.3 is 10.6 Å². The second-order valence-corrected chi connectivity index (χ2v) is 5.95. The molecule has 4 atom stereocenters. The van der Waals surface area contributed by atoms with Gasteiger partial charge in [0.05, 0.1) is 6.04 Å². The highest BCUT2D eigenvalue weighted by atomic mass is 16.2. The summed E-state index contributed by atoms with van der Waals surface area (Å²) in [5, 5.41) is 6.53. The Morgan fingerprint density at radius 1 is 1.28 bits per heavy atom. The third kappa shape index (κ3) is 3.04. The van der Waals surface area contributed by atoms with E-state index in [2.05, 4.69) is 29.4 Å². The van der Waals surface area contributed by atoms with Crippen molar-refractivity contribution in [2.75, 3.05) is 13.1 Å². The molecule has 0 saturated carbocycles. The molecule has 1 amide bonds. The molecule has 0 aromatic rings. The Balaban J connectivity index is 1.87. The standard InChI is InChI=1S/C14H27N3O/c1-10-6-7-11(2)17(10)12(3)14(18)16-13-5-4-8-15-9-13/h10-13,15H,4-9H2,1-3H3,(H,16,18)/t10?,11?,12?,13-/m0/s1. The van der Waals surface area contributed by atoms with E-state index in [0.717, 1.165) is 25.9 Å².